The predicted octanol–water partition coefficient (Wildman–Crippen LogP) is 2.42. The second-order valence-corrected chi connectivity index (χ2v) is 3.84. The van der Waals surface area contributed by atoms with Crippen molar-refractivity contribution in [3.8, 4) is 0 Å². The molecular weight excluding hydrogens is 242 g/mol. The van der Waals surface area contributed by atoms with E-state index in [1.807, 2.05) is 6.07 Å². The Labute approximate surface area is 110 Å². The molecule has 2 rings (SSSR count). The smallest absolute Gasteiger partial charge is 0.252 e. The van der Waals surface area contributed by atoms with Crippen molar-refractivity contribution in [1.82, 2.24) is 5.32 Å². The average molecular weight is 255 g/mol. The van der Waals surface area contributed by atoms with Gasteiger partial charge in [-0.15, -0.1) is 0 Å². The number of furan rings is 1. The standard InChI is InChI=1S/C15H13NO3/c17-9-3-6-12-5-1-2-8-14(12)15(18)16-11-13-7-4-10-19-13/h1-10H,11H2,(H,16,18)/b6-3+. The summed E-state index contributed by atoms with van der Waals surface area (Å²) in [7, 11) is 0. The first-order valence-corrected chi connectivity index (χ1v) is 5.82. The monoisotopic (exact) mass is 255 g/mol. The molecule has 19 heavy (non-hydrogen) atoms. The summed E-state index contributed by atoms with van der Waals surface area (Å²) in [5.41, 5.74) is 1.22. The van der Waals surface area contributed by atoms with Crippen LogP contribution in [0.15, 0.2) is 53.2 Å². The van der Waals surface area contributed by atoms with E-state index in [4.69, 9.17) is 4.42 Å². The molecule has 0 bridgehead atoms. The lowest BCUT2D eigenvalue weighted by atomic mass is 10.1. The lowest BCUT2D eigenvalue weighted by Gasteiger charge is -2.06. The van der Waals surface area contributed by atoms with Gasteiger partial charge in [-0.25, -0.2) is 0 Å². The highest BCUT2D eigenvalue weighted by atomic mass is 16.3. The van der Waals surface area contributed by atoms with Crippen molar-refractivity contribution >= 4 is 18.3 Å². The van der Waals surface area contributed by atoms with E-state index in [9.17, 15) is 9.59 Å². The molecule has 0 saturated carbocycles. The number of hydrogen-bond acceptors (Lipinski definition) is 3. The van der Waals surface area contributed by atoms with E-state index in [1.165, 1.54) is 6.08 Å². The van der Waals surface area contributed by atoms with E-state index in [-0.39, 0.29) is 5.91 Å². The molecule has 1 aromatic carbocycles. The Balaban J connectivity index is 2.10. The van der Waals surface area contributed by atoms with Crippen LogP contribution < -0.4 is 5.32 Å². The molecule has 0 unspecified atom stereocenters. The Morgan fingerprint density at radius 3 is 2.79 bits per heavy atom. The lowest BCUT2D eigenvalue weighted by Crippen LogP contribution is -2.23. The Hall–Kier alpha value is -2.62. The molecule has 1 N–H and O–H groups in total. The van der Waals surface area contributed by atoms with Gasteiger partial charge in [0.25, 0.3) is 5.91 Å². The predicted molar refractivity (Wildman–Crippen MR) is 71.4 cm³/mol. The van der Waals surface area contributed by atoms with Crippen LogP contribution in [0.2, 0.25) is 0 Å². The highest BCUT2D eigenvalue weighted by molar-refractivity contribution is 5.98. The van der Waals surface area contributed by atoms with Gasteiger partial charge in [-0.3, -0.25) is 9.59 Å². The minimum absolute atomic E-state index is 0.206. The summed E-state index contributed by atoms with van der Waals surface area (Å²) in [6.45, 7) is 0.331. The number of carbonyl (C=O) groups excluding carboxylic acids is 2. The summed E-state index contributed by atoms with van der Waals surface area (Å²) in [6.07, 6.45) is 5.20. The zero-order valence-electron chi connectivity index (χ0n) is 10.2. The number of allylic oxidation sites excluding steroid dienone is 1. The molecule has 4 heteroatoms. The molecule has 1 heterocycles. The van der Waals surface area contributed by atoms with Crippen LogP contribution in [0.3, 0.4) is 0 Å². The second kappa shape index (κ2) is 6.35. The molecule has 1 amide bonds. The fourth-order valence-electron chi connectivity index (χ4n) is 1.67. The van der Waals surface area contributed by atoms with Gasteiger partial charge in [0.05, 0.1) is 12.8 Å². The Morgan fingerprint density at radius 2 is 2.05 bits per heavy atom. The van der Waals surface area contributed by atoms with Gasteiger partial charge in [0.1, 0.15) is 12.0 Å². The molecule has 0 aliphatic rings. The minimum Gasteiger partial charge on any atom is -0.467 e. The summed E-state index contributed by atoms with van der Waals surface area (Å²) in [4.78, 5) is 22.4. The van der Waals surface area contributed by atoms with Gasteiger partial charge in [-0.2, -0.15) is 0 Å². The van der Waals surface area contributed by atoms with Crippen molar-refractivity contribution in [2.45, 2.75) is 6.54 Å². The summed E-state index contributed by atoms with van der Waals surface area (Å²) < 4.78 is 5.14. The van der Waals surface area contributed by atoms with E-state index < -0.39 is 0 Å². The molecule has 1 aromatic heterocycles. The Kier molecular flexibility index (Phi) is 4.29. The van der Waals surface area contributed by atoms with E-state index in [0.717, 1.165) is 0 Å². The van der Waals surface area contributed by atoms with Crippen LogP contribution in [-0.4, -0.2) is 12.2 Å². The minimum atomic E-state index is -0.206. The molecule has 0 aliphatic heterocycles. The van der Waals surface area contributed by atoms with Gasteiger partial charge < -0.3 is 9.73 Å². The number of rotatable bonds is 5. The largest absolute Gasteiger partial charge is 0.467 e. The third-order valence-electron chi connectivity index (χ3n) is 2.56. The van der Waals surface area contributed by atoms with Gasteiger partial charge in [0, 0.05) is 5.56 Å². The Morgan fingerprint density at radius 1 is 1.21 bits per heavy atom. The molecule has 0 aliphatic carbocycles. The van der Waals surface area contributed by atoms with Crippen LogP contribution in [0, 0.1) is 0 Å². The number of carbonyl (C=O) groups is 2. The first-order chi connectivity index (χ1) is 9.31. The molecule has 2 aromatic rings. The van der Waals surface area contributed by atoms with Crippen LogP contribution in [0.5, 0.6) is 0 Å². The molecule has 0 radical (unpaired) electrons. The Bertz CT molecular complexity index is 585. The van der Waals surface area contributed by atoms with Crippen molar-refractivity contribution in [3.63, 3.8) is 0 Å². The van der Waals surface area contributed by atoms with Crippen LogP contribution in [0.1, 0.15) is 21.7 Å². The van der Waals surface area contributed by atoms with Crippen molar-refractivity contribution in [2.75, 3.05) is 0 Å². The normalized spacial score (nSPS) is 10.5. The molecule has 0 saturated heterocycles. The maximum atomic E-state index is 12.0. The third-order valence-corrected chi connectivity index (χ3v) is 2.56. The zero-order chi connectivity index (χ0) is 13.5. The number of hydrogen-bond donors (Lipinski definition) is 1. The molecule has 4 nitrogen and oxygen atoms in total. The summed E-state index contributed by atoms with van der Waals surface area (Å²) in [5, 5.41) is 2.76. The van der Waals surface area contributed by atoms with Gasteiger partial charge in [-0.1, -0.05) is 24.3 Å². The second-order valence-electron chi connectivity index (χ2n) is 3.84. The van der Waals surface area contributed by atoms with E-state index >= 15 is 0 Å². The number of nitrogens with one attached hydrogen (secondary N) is 1. The first kappa shape index (κ1) is 12.8. The van der Waals surface area contributed by atoms with Gasteiger partial charge >= 0.3 is 0 Å². The topological polar surface area (TPSA) is 59.3 Å². The van der Waals surface area contributed by atoms with Crippen molar-refractivity contribution in [2.24, 2.45) is 0 Å². The highest BCUT2D eigenvalue weighted by Crippen LogP contribution is 2.11. The van der Waals surface area contributed by atoms with Crippen LogP contribution >= 0.6 is 0 Å². The molecular formula is C15H13NO3. The van der Waals surface area contributed by atoms with E-state index in [2.05, 4.69) is 5.32 Å². The van der Waals surface area contributed by atoms with Gasteiger partial charge in [-0.05, 0) is 29.8 Å². The quantitative estimate of drug-likeness (QED) is 0.659. The van der Waals surface area contributed by atoms with Crippen molar-refractivity contribution in [1.29, 1.82) is 0 Å². The third kappa shape index (κ3) is 3.42. The number of amides is 1. The number of benzene rings is 1. The van der Waals surface area contributed by atoms with E-state index in [1.54, 1.807) is 42.7 Å². The molecule has 96 valence electrons. The summed E-state index contributed by atoms with van der Waals surface area (Å²) in [6, 6.07) is 10.6. The molecule has 0 atom stereocenters. The SMILES string of the molecule is O=C/C=C/c1ccccc1C(=O)NCc1ccco1. The first-order valence-electron chi connectivity index (χ1n) is 5.82. The van der Waals surface area contributed by atoms with Crippen LogP contribution in [0.25, 0.3) is 6.08 Å². The van der Waals surface area contributed by atoms with Crippen LogP contribution in [0.4, 0.5) is 0 Å². The zero-order valence-corrected chi connectivity index (χ0v) is 10.2. The summed E-state index contributed by atoms with van der Waals surface area (Å²) >= 11 is 0. The van der Waals surface area contributed by atoms with Gasteiger partial charge in [0.2, 0.25) is 0 Å². The molecule has 0 fully saturated rings. The van der Waals surface area contributed by atoms with Crippen LogP contribution in [-0.2, 0) is 11.3 Å². The lowest BCUT2D eigenvalue weighted by molar-refractivity contribution is -0.104. The maximum absolute atomic E-state index is 12.0. The van der Waals surface area contributed by atoms with Gasteiger partial charge in [0.15, 0.2) is 0 Å². The fraction of sp³-hybridized carbons (Fsp3) is 0.0667. The average Bonchev–Trinajstić information content (AvgIpc) is 2.96. The van der Waals surface area contributed by atoms with Crippen molar-refractivity contribution in [3.05, 3.63) is 65.6 Å². The summed E-state index contributed by atoms with van der Waals surface area (Å²) in [5.74, 6) is 0.483. The molecule has 0 spiro atoms. The van der Waals surface area contributed by atoms with Crippen molar-refractivity contribution < 1.29 is 14.0 Å². The number of aldehydes is 1. The van der Waals surface area contributed by atoms with E-state index in [0.29, 0.717) is 29.7 Å². The fourth-order valence-corrected chi connectivity index (χ4v) is 1.67. The maximum Gasteiger partial charge on any atom is 0.252 e. The highest BCUT2D eigenvalue weighted by Gasteiger charge is 2.09.